The first-order valence-electron chi connectivity index (χ1n) is 6.35. The molecule has 1 aromatic carbocycles. The lowest BCUT2D eigenvalue weighted by Crippen LogP contribution is -2.21. The van der Waals surface area contributed by atoms with Gasteiger partial charge in [0.2, 0.25) is 0 Å². The van der Waals surface area contributed by atoms with E-state index in [1.54, 1.807) is 23.0 Å². The van der Waals surface area contributed by atoms with Crippen molar-refractivity contribution in [1.82, 2.24) is 15.1 Å². The highest BCUT2D eigenvalue weighted by Crippen LogP contribution is 2.21. The third kappa shape index (κ3) is 3.32. The minimum absolute atomic E-state index is 0.126. The summed E-state index contributed by atoms with van der Waals surface area (Å²) >= 11 is 7.08. The van der Waals surface area contributed by atoms with E-state index in [9.17, 15) is 4.79 Å². The maximum absolute atomic E-state index is 11.9. The van der Waals surface area contributed by atoms with Crippen LogP contribution < -0.4 is 5.32 Å². The molecule has 0 fully saturated rings. The number of amides is 1. The molecule has 3 aromatic rings. The van der Waals surface area contributed by atoms with Crippen LogP contribution in [0, 0.1) is 0 Å². The molecular weight excluding hydrogens is 306 g/mol. The Kier molecular flexibility index (Phi) is 4.03. The van der Waals surface area contributed by atoms with Crippen LogP contribution in [0.3, 0.4) is 0 Å². The number of hydrogen-bond acceptors (Lipinski definition) is 3. The van der Waals surface area contributed by atoms with E-state index in [4.69, 9.17) is 11.6 Å². The fourth-order valence-corrected chi connectivity index (χ4v) is 2.84. The van der Waals surface area contributed by atoms with Gasteiger partial charge in [-0.25, -0.2) is 4.68 Å². The lowest BCUT2D eigenvalue weighted by molar-refractivity contribution is 0.0955. The van der Waals surface area contributed by atoms with E-state index >= 15 is 0 Å². The number of rotatable bonds is 4. The zero-order chi connectivity index (χ0) is 14.7. The Hall–Kier alpha value is -2.11. The van der Waals surface area contributed by atoms with Crippen LogP contribution in [-0.4, -0.2) is 15.7 Å². The van der Waals surface area contributed by atoms with E-state index in [0.717, 1.165) is 11.3 Å². The molecule has 3 rings (SSSR count). The Morgan fingerprint density at radius 3 is 2.76 bits per heavy atom. The van der Waals surface area contributed by atoms with Crippen molar-refractivity contribution >= 4 is 28.8 Å². The lowest BCUT2D eigenvalue weighted by atomic mass is 10.3. The van der Waals surface area contributed by atoms with E-state index in [2.05, 4.69) is 10.4 Å². The van der Waals surface area contributed by atoms with Gasteiger partial charge < -0.3 is 5.32 Å². The van der Waals surface area contributed by atoms with Gasteiger partial charge >= 0.3 is 0 Å². The fraction of sp³-hybridized carbons (Fsp3) is 0.0667. The van der Waals surface area contributed by atoms with Crippen LogP contribution in [0.2, 0.25) is 4.34 Å². The Labute approximate surface area is 131 Å². The van der Waals surface area contributed by atoms with Crippen LogP contribution in [0.15, 0.2) is 54.9 Å². The van der Waals surface area contributed by atoms with Crippen molar-refractivity contribution in [3.8, 4) is 5.69 Å². The maximum atomic E-state index is 11.9. The summed E-state index contributed by atoms with van der Waals surface area (Å²) in [5.41, 5.74) is 1.93. The predicted octanol–water partition coefficient (Wildman–Crippen LogP) is 3.52. The highest BCUT2D eigenvalue weighted by Gasteiger charge is 2.09. The fourth-order valence-electron chi connectivity index (χ4n) is 1.88. The van der Waals surface area contributed by atoms with Gasteiger partial charge in [0.05, 0.1) is 21.1 Å². The van der Waals surface area contributed by atoms with Gasteiger partial charge in [0.1, 0.15) is 0 Å². The molecule has 0 bridgehead atoms. The van der Waals surface area contributed by atoms with Crippen molar-refractivity contribution in [1.29, 1.82) is 0 Å². The minimum atomic E-state index is -0.126. The van der Waals surface area contributed by atoms with Crippen molar-refractivity contribution in [3.63, 3.8) is 0 Å². The second kappa shape index (κ2) is 6.11. The summed E-state index contributed by atoms with van der Waals surface area (Å²) in [6.07, 6.45) is 3.64. The van der Waals surface area contributed by atoms with Gasteiger partial charge in [-0.15, -0.1) is 11.3 Å². The standard InChI is InChI=1S/C15H12ClN3OS/c16-14-7-6-13(21-14)15(20)17-8-11-9-18-19(10-11)12-4-2-1-3-5-12/h1-7,9-10H,8H2,(H,17,20). The third-order valence-electron chi connectivity index (χ3n) is 2.91. The highest BCUT2D eigenvalue weighted by atomic mass is 35.5. The summed E-state index contributed by atoms with van der Waals surface area (Å²) in [5.74, 6) is -0.126. The first-order valence-corrected chi connectivity index (χ1v) is 7.54. The van der Waals surface area contributed by atoms with Gasteiger partial charge in [-0.3, -0.25) is 4.79 Å². The summed E-state index contributed by atoms with van der Waals surface area (Å²) in [6.45, 7) is 0.432. The van der Waals surface area contributed by atoms with E-state index in [0.29, 0.717) is 15.8 Å². The molecule has 0 spiro atoms. The Morgan fingerprint density at radius 2 is 2.05 bits per heavy atom. The number of nitrogens with one attached hydrogen (secondary N) is 1. The molecule has 2 aromatic heterocycles. The van der Waals surface area contributed by atoms with Crippen LogP contribution in [-0.2, 0) is 6.54 Å². The SMILES string of the molecule is O=C(NCc1cnn(-c2ccccc2)c1)c1ccc(Cl)s1. The largest absolute Gasteiger partial charge is 0.347 e. The maximum Gasteiger partial charge on any atom is 0.261 e. The second-order valence-electron chi connectivity index (χ2n) is 4.42. The van der Waals surface area contributed by atoms with Crippen LogP contribution in [0.1, 0.15) is 15.2 Å². The molecule has 0 radical (unpaired) electrons. The number of benzene rings is 1. The number of hydrogen-bond donors (Lipinski definition) is 1. The first-order chi connectivity index (χ1) is 10.2. The summed E-state index contributed by atoms with van der Waals surface area (Å²) < 4.78 is 2.39. The Morgan fingerprint density at radius 1 is 1.24 bits per heavy atom. The zero-order valence-electron chi connectivity index (χ0n) is 11.0. The first kappa shape index (κ1) is 13.9. The summed E-state index contributed by atoms with van der Waals surface area (Å²) in [5, 5.41) is 7.14. The third-order valence-corrected chi connectivity index (χ3v) is 4.14. The van der Waals surface area contributed by atoms with Crippen LogP contribution in [0.25, 0.3) is 5.69 Å². The molecule has 0 aliphatic rings. The van der Waals surface area contributed by atoms with E-state index in [1.807, 2.05) is 36.5 Å². The average Bonchev–Trinajstić information content (AvgIpc) is 3.15. The predicted molar refractivity (Wildman–Crippen MR) is 84.1 cm³/mol. The molecule has 2 heterocycles. The summed E-state index contributed by atoms with van der Waals surface area (Å²) in [4.78, 5) is 12.5. The lowest BCUT2D eigenvalue weighted by Gasteiger charge is -2.01. The average molecular weight is 318 g/mol. The molecule has 1 amide bonds. The van der Waals surface area contributed by atoms with E-state index in [-0.39, 0.29) is 5.91 Å². The van der Waals surface area contributed by atoms with Gasteiger partial charge in [0.15, 0.2) is 0 Å². The van der Waals surface area contributed by atoms with E-state index < -0.39 is 0 Å². The molecule has 4 nitrogen and oxygen atoms in total. The number of aromatic nitrogens is 2. The van der Waals surface area contributed by atoms with Crippen LogP contribution >= 0.6 is 22.9 Å². The number of carbonyl (C=O) groups is 1. The van der Waals surface area contributed by atoms with Gasteiger partial charge in [-0.05, 0) is 24.3 Å². The van der Waals surface area contributed by atoms with Gasteiger partial charge in [0.25, 0.3) is 5.91 Å². The molecule has 1 N–H and O–H groups in total. The normalized spacial score (nSPS) is 10.5. The van der Waals surface area contributed by atoms with Crippen LogP contribution in [0.5, 0.6) is 0 Å². The zero-order valence-corrected chi connectivity index (χ0v) is 12.6. The minimum Gasteiger partial charge on any atom is -0.347 e. The van der Waals surface area contributed by atoms with Gasteiger partial charge in [-0.1, -0.05) is 29.8 Å². The highest BCUT2D eigenvalue weighted by molar-refractivity contribution is 7.17. The topological polar surface area (TPSA) is 46.9 Å². The number of nitrogens with zero attached hydrogens (tertiary/aromatic N) is 2. The number of thiophene rings is 1. The van der Waals surface area contributed by atoms with Crippen molar-refractivity contribution in [2.24, 2.45) is 0 Å². The quantitative estimate of drug-likeness (QED) is 0.800. The van der Waals surface area contributed by atoms with Crippen molar-refractivity contribution in [2.75, 3.05) is 0 Å². The number of para-hydroxylation sites is 1. The number of halogens is 1. The molecular formula is C15H12ClN3OS. The summed E-state index contributed by atoms with van der Waals surface area (Å²) in [6, 6.07) is 13.3. The molecule has 106 valence electrons. The monoisotopic (exact) mass is 317 g/mol. The summed E-state index contributed by atoms with van der Waals surface area (Å²) in [7, 11) is 0. The smallest absolute Gasteiger partial charge is 0.261 e. The van der Waals surface area contributed by atoms with Crippen molar-refractivity contribution in [2.45, 2.75) is 6.54 Å². The van der Waals surface area contributed by atoms with Gasteiger partial charge in [-0.2, -0.15) is 5.10 Å². The number of carbonyl (C=O) groups excluding carboxylic acids is 1. The molecule has 0 unspecified atom stereocenters. The van der Waals surface area contributed by atoms with Gasteiger partial charge in [0, 0.05) is 18.3 Å². The van der Waals surface area contributed by atoms with Crippen molar-refractivity contribution < 1.29 is 4.79 Å². The molecule has 0 saturated heterocycles. The molecule has 0 aliphatic carbocycles. The second-order valence-corrected chi connectivity index (χ2v) is 6.13. The molecule has 0 atom stereocenters. The van der Waals surface area contributed by atoms with Crippen LogP contribution in [0.4, 0.5) is 0 Å². The Balaban J connectivity index is 1.64. The van der Waals surface area contributed by atoms with E-state index in [1.165, 1.54) is 11.3 Å². The molecule has 6 heteroatoms. The molecule has 0 saturated carbocycles. The Bertz CT molecular complexity index is 751. The molecule has 0 aliphatic heterocycles. The molecule has 21 heavy (non-hydrogen) atoms. The van der Waals surface area contributed by atoms with Crippen molar-refractivity contribution in [3.05, 3.63) is 69.6 Å².